The summed E-state index contributed by atoms with van der Waals surface area (Å²) in [6, 6.07) is 14.0. The first-order valence-electron chi connectivity index (χ1n) is 9.68. The number of benzene rings is 2. The molecule has 1 aliphatic heterocycles. The van der Waals surface area contributed by atoms with Crippen molar-refractivity contribution in [2.24, 2.45) is 42.9 Å². The van der Waals surface area contributed by atoms with Crippen LogP contribution in [0.4, 0.5) is 11.4 Å². The minimum absolute atomic E-state index is 0. The summed E-state index contributed by atoms with van der Waals surface area (Å²) in [7, 11) is 0. The lowest BCUT2D eigenvalue weighted by Gasteiger charge is -2.35. The van der Waals surface area contributed by atoms with E-state index in [0.29, 0.717) is 47.6 Å². The summed E-state index contributed by atoms with van der Waals surface area (Å²) in [6.45, 7) is 2.28. The fourth-order valence-electron chi connectivity index (χ4n) is 2.95. The van der Waals surface area contributed by atoms with Gasteiger partial charge in [-0.15, -0.1) is 24.8 Å². The van der Waals surface area contributed by atoms with Crippen LogP contribution in [0, 0.1) is 0 Å². The van der Waals surface area contributed by atoms with Crippen LogP contribution in [-0.4, -0.2) is 59.8 Å². The maximum Gasteiger partial charge on any atom is 0.223 e. The Bertz CT molecular complexity index is 993. The lowest BCUT2D eigenvalue weighted by molar-refractivity contribution is 0.255. The Labute approximate surface area is 220 Å². The molecule has 8 N–H and O–H groups in total. The molecule has 184 valence electrons. The number of guanidine groups is 4. The van der Waals surface area contributed by atoms with Crippen molar-refractivity contribution in [3.8, 4) is 0 Å². The van der Waals surface area contributed by atoms with Crippen LogP contribution in [0.3, 0.4) is 0 Å². The molecule has 0 radical (unpaired) electrons. The van der Waals surface area contributed by atoms with Crippen molar-refractivity contribution in [1.82, 2.24) is 9.80 Å². The Morgan fingerprint density at radius 1 is 0.647 bits per heavy atom. The van der Waals surface area contributed by atoms with E-state index in [-0.39, 0.29) is 48.7 Å². The molecule has 1 saturated heterocycles. The summed E-state index contributed by atoms with van der Waals surface area (Å²) in [5, 5.41) is 1.12. The first kappa shape index (κ1) is 29.1. The SMILES string of the molecule is Cl.Cl.NC(=Nc1cccc(Cl)c1)/N=C(\N)N1CCN(/C(N)=N/C(N)=Nc2cccc(Cl)c2)CC1. The van der Waals surface area contributed by atoms with Gasteiger partial charge in [-0.2, -0.15) is 9.98 Å². The summed E-state index contributed by atoms with van der Waals surface area (Å²) >= 11 is 11.9. The molecule has 1 fully saturated rings. The lowest BCUT2D eigenvalue weighted by Crippen LogP contribution is -2.54. The zero-order chi connectivity index (χ0) is 23.1. The van der Waals surface area contributed by atoms with Gasteiger partial charge in [-0.1, -0.05) is 35.3 Å². The quantitative estimate of drug-likeness (QED) is 0.334. The van der Waals surface area contributed by atoms with Gasteiger partial charge in [0.15, 0.2) is 11.9 Å². The van der Waals surface area contributed by atoms with Crippen LogP contribution in [0.5, 0.6) is 0 Å². The van der Waals surface area contributed by atoms with E-state index in [1.807, 2.05) is 9.80 Å². The molecular formula is C20H26Cl4N10. The molecule has 2 aromatic carbocycles. The van der Waals surface area contributed by atoms with E-state index < -0.39 is 0 Å². The van der Waals surface area contributed by atoms with Crippen molar-refractivity contribution >= 4 is 83.2 Å². The number of nitrogens with zero attached hydrogens (tertiary/aromatic N) is 6. The molecule has 0 unspecified atom stereocenters. The molecule has 0 atom stereocenters. The van der Waals surface area contributed by atoms with E-state index in [0.717, 1.165) is 0 Å². The van der Waals surface area contributed by atoms with Crippen molar-refractivity contribution < 1.29 is 0 Å². The smallest absolute Gasteiger partial charge is 0.223 e. The number of halogens is 4. The maximum atomic E-state index is 6.09. The number of rotatable bonds is 2. The second-order valence-corrected chi connectivity index (χ2v) is 7.69. The van der Waals surface area contributed by atoms with Gasteiger partial charge in [-0.05, 0) is 36.4 Å². The third-order valence-corrected chi connectivity index (χ3v) is 4.96. The van der Waals surface area contributed by atoms with Gasteiger partial charge in [-0.25, -0.2) is 9.98 Å². The summed E-state index contributed by atoms with van der Waals surface area (Å²) in [6.07, 6.45) is 0. The molecule has 2 aromatic rings. The molecule has 1 aliphatic rings. The van der Waals surface area contributed by atoms with Gasteiger partial charge in [0.1, 0.15) is 0 Å². The molecule has 1 heterocycles. The average Bonchev–Trinajstić information content (AvgIpc) is 2.73. The van der Waals surface area contributed by atoms with E-state index in [4.69, 9.17) is 46.1 Å². The van der Waals surface area contributed by atoms with Gasteiger partial charge < -0.3 is 32.7 Å². The molecule has 0 aromatic heterocycles. The minimum atomic E-state index is 0. The van der Waals surface area contributed by atoms with Crippen LogP contribution in [0.2, 0.25) is 10.0 Å². The molecule has 34 heavy (non-hydrogen) atoms. The Balaban J connectivity index is 0.00000289. The number of hydrogen-bond acceptors (Lipinski definition) is 2. The second-order valence-electron chi connectivity index (χ2n) is 6.81. The highest BCUT2D eigenvalue weighted by atomic mass is 35.5. The fraction of sp³-hybridized carbons (Fsp3) is 0.200. The monoisotopic (exact) mass is 546 g/mol. The highest BCUT2D eigenvalue weighted by Gasteiger charge is 2.20. The number of hydrogen-bond donors (Lipinski definition) is 4. The fourth-order valence-corrected chi connectivity index (χ4v) is 3.32. The Hall–Kier alpha value is -2.92. The van der Waals surface area contributed by atoms with E-state index in [2.05, 4.69) is 20.0 Å². The molecule has 0 bridgehead atoms. The van der Waals surface area contributed by atoms with Gasteiger partial charge in [0.25, 0.3) is 0 Å². The third-order valence-electron chi connectivity index (χ3n) is 4.49. The molecule has 0 aliphatic carbocycles. The van der Waals surface area contributed by atoms with E-state index in [1.54, 1.807) is 48.5 Å². The molecule has 14 heteroatoms. The van der Waals surface area contributed by atoms with Gasteiger partial charge in [0.2, 0.25) is 11.9 Å². The predicted octanol–water partition coefficient (Wildman–Crippen LogP) is 2.68. The first-order chi connectivity index (χ1) is 15.3. The Morgan fingerprint density at radius 2 is 1.00 bits per heavy atom. The molecule has 10 nitrogen and oxygen atoms in total. The molecule has 3 rings (SSSR count). The summed E-state index contributed by atoms with van der Waals surface area (Å²) in [5.41, 5.74) is 25.2. The van der Waals surface area contributed by atoms with Crippen LogP contribution in [0.15, 0.2) is 68.5 Å². The number of nitrogens with two attached hydrogens (primary N) is 4. The number of piperazine rings is 1. The zero-order valence-electron chi connectivity index (χ0n) is 18.0. The Morgan fingerprint density at radius 3 is 1.32 bits per heavy atom. The number of aliphatic imine (C=N–C) groups is 4. The van der Waals surface area contributed by atoms with Crippen LogP contribution < -0.4 is 22.9 Å². The van der Waals surface area contributed by atoms with Crippen LogP contribution in [-0.2, 0) is 0 Å². The van der Waals surface area contributed by atoms with Crippen molar-refractivity contribution in [2.75, 3.05) is 26.2 Å². The van der Waals surface area contributed by atoms with Crippen molar-refractivity contribution in [3.05, 3.63) is 58.6 Å². The Kier molecular flexibility index (Phi) is 11.7. The van der Waals surface area contributed by atoms with E-state index >= 15 is 0 Å². The summed E-state index contributed by atoms with van der Waals surface area (Å²) in [4.78, 5) is 20.5. The largest absolute Gasteiger partial charge is 0.369 e. The van der Waals surface area contributed by atoms with Gasteiger partial charge in [0, 0.05) is 36.2 Å². The van der Waals surface area contributed by atoms with E-state index in [9.17, 15) is 0 Å². The summed E-state index contributed by atoms with van der Waals surface area (Å²) in [5.74, 6) is 0.618. The highest BCUT2D eigenvalue weighted by Crippen LogP contribution is 2.18. The van der Waals surface area contributed by atoms with Crippen LogP contribution in [0.1, 0.15) is 0 Å². The van der Waals surface area contributed by atoms with Crippen molar-refractivity contribution in [1.29, 1.82) is 0 Å². The van der Waals surface area contributed by atoms with Crippen LogP contribution >= 0.6 is 48.0 Å². The standard InChI is InChI=1S/C20H24Cl2N10.2ClH/c21-13-3-1-5-15(11-13)27-17(23)29-19(25)31-7-9-32(10-8-31)20(26)30-18(24)28-16-6-2-4-14(22)12-16;;/h1-6,11-12H,7-10H2,(H4,23,25,27,29)(H4,24,26,28,30);2*1H. The van der Waals surface area contributed by atoms with Gasteiger partial charge in [0.05, 0.1) is 11.4 Å². The normalized spacial score (nSPS) is 15.5. The molecule has 0 amide bonds. The van der Waals surface area contributed by atoms with Gasteiger partial charge >= 0.3 is 0 Å². The third kappa shape index (κ3) is 8.79. The highest BCUT2D eigenvalue weighted by molar-refractivity contribution is 6.31. The predicted molar refractivity (Wildman–Crippen MR) is 146 cm³/mol. The van der Waals surface area contributed by atoms with Gasteiger partial charge in [-0.3, -0.25) is 0 Å². The van der Waals surface area contributed by atoms with E-state index in [1.165, 1.54) is 0 Å². The minimum Gasteiger partial charge on any atom is -0.369 e. The molecule has 0 spiro atoms. The summed E-state index contributed by atoms with van der Waals surface area (Å²) < 4.78 is 0. The molecular weight excluding hydrogens is 522 g/mol. The van der Waals surface area contributed by atoms with Crippen LogP contribution in [0.25, 0.3) is 0 Å². The second kappa shape index (κ2) is 13.7. The molecule has 0 saturated carbocycles. The lowest BCUT2D eigenvalue weighted by atomic mass is 10.3. The average molecular weight is 548 g/mol. The topological polar surface area (TPSA) is 160 Å². The maximum absolute atomic E-state index is 6.09. The zero-order valence-corrected chi connectivity index (χ0v) is 21.2. The first-order valence-corrected chi connectivity index (χ1v) is 10.4. The van der Waals surface area contributed by atoms with Crippen molar-refractivity contribution in [3.63, 3.8) is 0 Å². The van der Waals surface area contributed by atoms with Crippen molar-refractivity contribution in [2.45, 2.75) is 0 Å².